The van der Waals surface area contributed by atoms with Crippen molar-refractivity contribution in [3.05, 3.63) is 53.7 Å². The molecule has 0 unspecified atom stereocenters. The number of para-hydroxylation sites is 2. The lowest BCUT2D eigenvalue weighted by Gasteiger charge is -2.36. The highest BCUT2D eigenvalue weighted by molar-refractivity contribution is 5.88. The number of ether oxygens (including phenoxy) is 3. The fourth-order valence-corrected chi connectivity index (χ4v) is 4.47. The quantitative estimate of drug-likeness (QED) is 0.476. The molecule has 0 bridgehead atoms. The van der Waals surface area contributed by atoms with Gasteiger partial charge in [-0.15, -0.1) is 0 Å². The smallest absolute Gasteiger partial charge is 0.243 e. The number of aromatic nitrogens is 2. The molecule has 1 aromatic heterocycles. The van der Waals surface area contributed by atoms with Crippen LogP contribution in [-0.4, -0.2) is 74.0 Å². The summed E-state index contributed by atoms with van der Waals surface area (Å²) in [6, 6.07) is 15.7. The lowest BCUT2D eigenvalue weighted by atomic mass is 10.0. The van der Waals surface area contributed by atoms with E-state index in [0.717, 1.165) is 42.2 Å². The molecule has 2 aliphatic rings. The Labute approximate surface area is 209 Å². The van der Waals surface area contributed by atoms with Crippen LogP contribution in [0.3, 0.4) is 0 Å². The molecule has 10 heteroatoms. The summed E-state index contributed by atoms with van der Waals surface area (Å²) in [6.45, 7) is 4.76. The number of carbonyl (C=O) groups is 1. The molecule has 36 heavy (non-hydrogen) atoms. The number of carbonyl (C=O) groups excluding carboxylic acids is 1. The zero-order valence-electron chi connectivity index (χ0n) is 20.1. The first-order valence-electron chi connectivity index (χ1n) is 11.9. The third-order valence-electron chi connectivity index (χ3n) is 6.36. The zero-order valence-corrected chi connectivity index (χ0v) is 20.1. The van der Waals surface area contributed by atoms with Gasteiger partial charge in [0.25, 0.3) is 0 Å². The largest absolute Gasteiger partial charge is 0.454 e. The van der Waals surface area contributed by atoms with Crippen molar-refractivity contribution < 1.29 is 19.0 Å². The number of fused-ring (bicyclic) bond motifs is 2. The van der Waals surface area contributed by atoms with Gasteiger partial charge in [-0.1, -0.05) is 18.2 Å². The number of methoxy groups -OCH3 is 1. The van der Waals surface area contributed by atoms with E-state index in [2.05, 4.69) is 27.3 Å². The summed E-state index contributed by atoms with van der Waals surface area (Å²) < 4.78 is 15.9. The zero-order chi connectivity index (χ0) is 24.9. The number of benzene rings is 2. The van der Waals surface area contributed by atoms with Gasteiger partial charge in [-0.2, -0.15) is 5.26 Å². The molecule has 5 rings (SSSR count). The molecule has 2 aromatic carbocycles. The van der Waals surface area contributed by atoms with E-state index in [-0.39, 0.29) is 6.79 Å². The molecule has 186 valence electrons. The van der Waals surface area contributed by atoms with E-state index < -0.39 is 11.8 Å². The molecule has 1 fully saturated rings. The lowest BCUT2D eigenvalue weighted by molar-refractivity contribution is -0.121. The second kappa shape index (κ2) is 10.8. The second-order valence-electron chi connectivity index (χ2n) is 8.72. The normalized spacial score (nSPS) is 16.1. The molecular formula is C26H28N6O4. The Bertz CT molecular complexity index is 1290. The van der Waals surface area contributed by atoms with Crippen molar-refractivity contribution in [3.63, 3.8) is 0 Å². The summed E-state index contributed by atoms with van der Waals surface area (Å²) in [7, 11) is 1.56. The molecule has 2 aliphatic heterocycles. The standard InChI is InChI=1S/C26H28N6O4/c1-34-13-8-28-26(33)19(15-27)24-25(30-21-5-3-2-4-20(21)29-24)32-11-9-31(10-12-32)16-18-6-7-22-23(14-18)36-17-35-22/h2-7,14,19H,8-13,16-17H2,1H3,(H,28,33)/t19-/m0/s1. The Kier molecular flexibility index (Phi) is 7.11. The molecule has 0 radical (unpaired) electrons. The van der Waals surface area contributed by atoms with Crippen LogP contribution in [0.4, 0.5) is 5.82 Å². The van der Waals surface area contributed by atoms with Gasteiger partial charge < -0.3 is 24.4 Å². The topological polar surface area (TPSA) is 113 Å². The number of piperazine rings is 1. The predicted octanol–water partition coefficient (Wildman–Crippen LogP) is 2.05. The van der Waals surface area contributed by atoms with Crippen molar-refractivity contribution in [1.29, 1.82) is 5.26 Å². The summed E-state index contributed by atoms with van der Waals surface area (Å²) in [6.07, 6.45) is 0. The fourth-order valence-electron chi connectivity index (χ4n) is 4.47. The average molecular weight is 489 g/mol. The number of hydrogen-bond donors (Lipinski definition) is 1. The summed E-state index contributed by atoms with van der Waals surface area (Å²) in [5.74, 6) is 0.685. The Morgan fingerprint density at radius 3 is 2.61 bits per heavy atom. The third-order valence-corrected chi connectivity index (χ3v) is 6.36. The number of amides is 1. The van der Waals surface area contributed by atoms with Gasteiger partial charge in [0, 0.05) is 46.4 Å². The second-order valence-corrected chi connectivity index (χ2v) is 8.72. The molecule has 1 amide bonds. The minimum atomic E-state index is -1.07. The van der Waals surface area contributed by atoms with E-state index in [0.29, 0.717) is 43.3 Å². The molecule has 0 saturated carbocycles. The van der Waals surface area contributed by atoms with E-state index in [1.165, 1.54) is 0 Å². The van der Waals surface area contributed by atoms with Crippen LogP contribution in [0.5, 0.6) is 11.5 Å². The molecule has 3 aromatic rings. The third kappa shape index (κ3) is 5.03. The van der Waals surface area contributed by atoms with Crippen LogP contribution in [0.25, 0.3) is 11.0 Å². The van der Waals surface area contributed by atoms with E-state index in [9.17, 15) is 10.1 Å². The summed E-state index contributed by atoms with van der Waals surface area (Å²) in [4.78, 5) is 26.9. The van der Waals surface area contributed by atoms with Gasteiger partial charge in [-0.25, -0.2) is 9.97 Å². The van der Waals surface area contributed by atoms with Crippen LogP contribution in [0, 0.1) is 11.3 Å². The minimum Gasteiger partial charge on any atom is -0.454 e. The number of rotatable bonds is 8. The Balaban J connectivity index is 1.34. The predicted molar refractivity (Wildman–Crippen MR) is 133 cm³/mol. The average Bonchev–Trinajstić information content (AvgIpc) is 3.37. The highest BCUT2D eigenvalue weighted by Crippen LogP contribution is 2.33. The van der Waals surface area contributed by atoms with Crippen molar-refractivity contribution in [3.8, 4) is 17.6 Å². The first-order valence-corrected chi connectivity index (χ1v) is 11.9. The van der Waals surface area contributed by atoms with Crippen molar-refractivity contribution in [2.75, 3.05) is 58.1 Å². The number of anilines is 1. The molecule has 1 N–H and O–H groups in total. The Hall–Kier alpha value is -3.94. The van der Waals surface area contributed by atoms with Crippen molar-refractivity contribution in [1.82, 2.24) is 20.2 Å². The monoisotopic (exact) mass is 488 g/mol. The van der Waals surface area contributed by atoms with Crippen LogP contribution in [0.15, 0.2) is 42.5 Å². The van der Waals surface area contributed by atoms with Crippen molar-refractivity contribution in [2.45, 2.75) is 12.5 Å². The molecule has 10 nitrogen and oxygen atoms in total. The highest BCUT2D eigenvalue weighted by Gasteiger charge is 2.30. The minimum absolute atomic E-state index is 0.265. The first kappa shape index (κ1) is 23.8. The van der Waals surface area contributed by atoms with E-state index >= 15 is 0 Å². The number of hydrogen-bond acceptors (Lipinski definition) is 9. The fraction of sp³-hybridized carbons (Fsp3) is 0.385. The van der Waals surface area contributed by atoms with E-state index in [1.807, 2.05) is 36.4 Å². The van der Waals surface area contributed by atoms with Gasteiger partial charge in [-0.05, 0) is 29.8 Å². The molecule has 3 heterocycles. The molecule has 1 atom stereocenters. The summed E-state index contributed by atoms with van der Waals surface area (Å²) >= 11 is 0. The molecular weight excluding hydrogens is 460 g/mol. The molecule has 0 aliphatic carbocycles. The first-order chi connectivity index (χ1) is 17.7. The maximum Gasteiger partial charge on any atom is 0.243 e. The number of nitriles is 1. The Morgan fingerprint density at radius 1 is 1.11 bits per heavy atom. The SMILES string of the molecule is COCCNC(=O)[C@@H](C#N)c1nc2ccccc2nc1N1CCN(Cc2ccc3c(c2)OCO3)CC1. The van der Waals surface area contributed by atoms with Gasteiger partial charge in [0.15, 0.2) is 23.2 Å². The van der Waals surface area contributed by atoms with Crippen molar-refractivity contribution in [2.24, 2.45) is 0 Å². The van der Waals surface area contributed by atoms with Crippen LogP contribution in [0.2, 0.25) is 0 Å². The van der Waals surface area contributed by atoms with E-state index in [4.69, 9.17) is 24.2 Å². The van der Waals surface area contributed by atoms with Gasteiger partial charge in [-0.3, -0.25) is 9.69 Å². The maximum atomic E-state index is 12.9. The van der Waals surface area contributed by atoms with Crippen LogP contribution < -0.4 is 19.7 Å². The molecule has 1 saturated heterocycles. The van der Waals surface area contributed by atoms with Crippen molar-refractivity contribution >= 4 is 22.8 Å². The highest BCUT2D eigenvalue weighted by atomic mass is 16.7. The van der Waals surface area contributed by atoms with Gasteiger partial charge in [0.1, 0.15) is 5.69 Å². The lowest BCUT2D eigenvalue weighted by Crippen LogP contribution is -2.47. The Morgan fingerprint density at radius 2 is 1.86 bits per heavy atom. The van der Waals surface area contributed by atoms with Crippen LogP contribution >= 0.6 is 0 Å². The van der Waals surface area contributed by atoms with Crippen LogP contribution in [0.1, 0.15) is 17.2 Å². The van der Waals surface area contributed by atoms with Crippen LogP contribution in [-0.2, 0) is 16.1 Å². The summed E-state index contributed by atoms with van der Waals surface area (Å²) in [5, 5.41) is 12.7. The summed E-state index contributed by atoms with van der Waals surface area (Å²) in [5.41, 5.74) is 2.93. The maximum absolute atomic E-state index is 12.9. The number of nitrogens with one attached hydrogen (secondary N) is 1. The van der Waals surface area contributed by atoms with E-state index in [1.54, 1.807) is 7.11 Å². The van der Waals surface area contributed by atoms with Gasteiger partial charge in [0.05, 0.1) is 23.7 Å². The molecule has 0 spiro atoms. The van der Waals surface area contributed by atoms with Gasteiger partial charge >= 0.3 is 0 Å². The number of nitrogens with zero attached hydrogens (tertiary/aromatic N) is 5. The van der Waals surface area contributed by atoms with Gasteiger partial charge in [0.2, 0.25) is 12.7 Å².